The predicted molar refractivity (Wildman–Crippen MR) is 82.1 cm³/mol. The summed E-state index contributed by atoms with van der Waals surface area (Å²) in [6.07, 6.45) is 0.973. The van der Waals surface area contributed by atoms with Crippen LogP contribution in [0.2, 0.25) is 0 Å². The first-order valence-corrected chi connectivity index (χ1v) is 7.65. The van der Waals surface area contributed by atoms with Gasteiger partial charge in [-0.2, -0.15) is 0 Å². The summed E-state index contributed by atoms with van der Waals surface area (Å²) >= 11 is 1.83. The van der Waals surface area contributed by atoms with Gasteiger partial charge in [0.2, 0.25) is 5.91 Å². The van der Waals surface area contributed by atoms with Crippen LogP contribution in [0.1, 0.15) is 24.0 Å². The lowest BCUT2D eigenvalue weighted by Crippen LogP contribution is -2.27. The molecule has 2 nitrogen and oxygen atoms in total. The Balaban J connectivity index is 1.99. The number of fused-ring (bicyclic) bond motifs is 2. The summed E-state index contributed by atoms with van der Waals surface area (Å²) in [5.74, 6) is 0.374. The fraction of sp³-hybridized carbons (Fsp3) is 0.235. The van der Waals surface area contributed by atoms with Crippen molar-refractivity contribution in [3.63, 3.8) is 0 Å². The van der Waals surface area contributed by atoms with E-state index in [0.717, 1.165) is 6.42 Å². The molecule has 0 aliphatic carbocycles. The van der Waals surface area contributed by atoms with Gasteiger partial charge >= 0.3 is 0 Å². The third kappa shape index (κ3) is 2.73. The molecule has 0 radical (unpaired) electrons. The highest BCUT2D eigenvalue weighted by molar-refractivity contribution is 7.99. The highest BCUT2D eigenvalue weighted by Crippen LogP contribution is 2.41. The number of hydrogen-bond acceptors (Lipinski definition) is 2. The van der Waals surface area contributed by atoms with Gasteiger partial charge in [0.15, 0.2) is 0 Å². The lowest BCUT2D eigenvalue weighted by atomic mass is 9.92. The summed E-state index contributed by atoms with van der Waals surface area (Å²) < 4.78 is 0. The molecule has 2 aromatic carbocycles. The largest absolute Gasteiger partial charge is 0.356 e. The molecule has 0 saturated heterocycles. The van der Waals surface area contributed by atoms with Crippen LogP contribution in [0.15, 0.2) is 58.3 Å². The molecule has 1 heterocycles. The first-order valence-electron chi connectivity index (χ1n) is 6.83. The zero-order valence-electron chi connectivity index (χ0n) is 11.4. The Kier molecular flexibility index (Phi) is 3.79. The topological polar surface area (TPSA) is 29.1 Å². The molecular weight excluding hydrogens is 266 g/mol. The molecule has 20 heavy (non-hydrogen) atoms. The van der Waals surface area contributed by atoms with Gasteiger partial charge in [0.05, 0.1) is 0 Å². The van der Waals surface area contributed by atoms with Crippen molar-refractivity contribution in [2.75, 3.05) is 6.54 Å². The van der Waals surface area contributed by atoms with E-state index >= 15 is 0 Å². The standard InChI is InChI=1S/C17H17NOS/c1-12(19)18-11-14-10-13-6-2-4-8-16(13)20-17-9-5-3-7-15(14)17/h2-9,14H,10-11H2,1H3,(H,18,19)/t14-/m0/s1. The van der Waals surface area contributed by atoms with E-state index in [1.807, 2.05) is 11.8 Å². The average Bonchev–Trinajstić information content (AvgIpc) is 2.61. The second kappa shape index (κ2) is 5.71. The van der Waals surface area contributed by atoms with E-state index in [2.05, 4.69) is 53.8 Å². The van der Waals surface area contributed by atoms with E-state index in [-0.39, 0.29) is 5.91 Å². The van der Waals surface area contributed by atoms with Crippen molar-refractivity contribution in [2.24, 2.45) is 0 Å². The summed E-state index contributed by atoms with van der Waals surface area (Å²) in [7, 11) is 0. The number of rotatable bonds is 2. The van der Waals surface area contributed by atoms with Crippen molar-refractivity contribution in [2.45, 2.75) is 29.1 Å². The highest BCUT2D eigenvalue weighted by Gasteiger charge is 2.22. The Hall–Kier alpha value is -1.74. The zero-order valence-corrected chi connectivity index (χ0v) is 12.2. The van der Waals surface area contributed by atoms with Crippen LogP contribution in [0.25, 0.3) is 0 Å². The summed E-state index contributed by atoms with van der Waals surface area (Å²) in [4.78, 5) is 13.8. The van der Waals surface area contributed by atoms with Gasteiger partial charge < -0.3 is 5.32 Å². The molecule has 3 rings (SSSR count). The van der Waals surface area contributed by atoms with E-state index < -0.39 is 0 Å². The molecule has 0 spiro atoms. The first-order chi connectivity index (χ1) is 9.74. The first kappa shape index (κ1) is 13.3. The monoisotopic (exact) mass is 283 g/mol. The molecule has 1 amide bonds. The lowest BCUT2D eigenvalue weighted by Gasteiger charge is -2.17. The third-order valence-corrected chi connectivity index (χ3v) is 4.82. The van der Waals surface area contributed by atoms with E-state index in [9.17, 15) is 4.79 Å². The summed E-state index contributed by atoms with van der Waals surface area (Å²) in [5.41, 5.74) is 2.70. The molecule has 1 aliphatic rings. The van der Waals surface area contributed by atoms with Gasteiger partial charge in [-0.25, -0.2) is 0 Å². The Morgan fingerprint density at radius 1 is 1.15 bits per heavy atom. The molecule has 2 aromatic rings. The quantitative estimate of drug-likeness (QED) is 0.912. The Labute approximate surface area is 123 Å². The van der Waals surface area contributed by atoms with Crippen molar-refractivity contribution in [1.29, 1.82) is 0 Å². The van der Waals surface area contributed by atoms with Crippen LogP contribution in [0.3, 0.4) is 0 Å². The minimum Gasteiger partial charge on any atom is -0.356 e. The molecule has 0 aromatic heterocycles. The van der Waals surface area contributed by atoms with Crippen LogP contribution in [-0.2, 0) is 11.2 Å². The molecular formula is C17H17NOS. The Morgan fingerprint density at radius 3 is 2.65 bits per heavy atom. The maximum absolute atomic E-state index is 11.2. The van der Waals surface area contributed by atoms with Crippen LogP contribution < -0.4 is 5.32 Å². The highest BCUT2D eigenvalue weighted by atomic mass is 32.2. The maximum atomic E-state index is 11.2. The second-order valence-electron chi connectivity index (χ2n) is 5.09. The van der Waals surface area contributed by atoms with Gasteiger partial charge in [0, 0.05) is 29.2 Å². The van der Waals surface area contributed by atoms with Crippen molar-refractivity contribution >= 4 is 17.7 Å². The number of nitrogens with one attached hydrogen (secondary N) is 1. The maximum Gasteiger partial charge on any atom is 0.216 e. The van der Waals surface area contributed by atoms with Gasteiger partial charge in [-0.1, -0.05) is 48.2 Å². The molecule has 1 atom stereocenters. The minimum absolute atomic E-state index is 0.0349. The minimum atomic E-state index is 0.0349. The van der Waals surface area contributed by atoms with Crippen LogP contribution in [-0.4, -0.2) is 12.5 Å². The fourth-order valence-electron chi connectivity index (χ4n) is 2.63. The molecule has 0 saturated carbocycles. The van der Waals surface area contributed by atoms with Crippen molar-refractivity contribution < 1.29 is 4.79 Å². The van der Waals surface area contributed by atoms with Gasteiger partial charge in [-0.05, 0) is 29.7 Å². The van der Waals surface area contributed by atoms with Crippen LogP contribution in [0, 0.1) is 0 Å². The number of benzene rings is 2. The molecule has 102 valence electrons. The Bertz CT molecular complexity index is 638. The zero-order chi connectivity index (χ0) is 13.9. The van der Waals surface area contributed by atoms with Crippen molar-refractivity contribution in [3.05, 3.63) is 59.7 Å². The van der Waals surface area contributed by atoms with Crippen molar-refractivity contribution in [1.82, 2.24) is 5.32 Å². The molecule has 0 unspecified atom stereocenters. The molecule has 1 aliphatic heterocycles. The number of amides is 1. The lowest BCUT2D eigenvalue weighted by molar-refractivity contribution is -0.119. The number of hydrogen-bond donors (Lipinski definition) is 1. The van der Waals surface area contributed by atoms with Crippen LogP contribution in [0.5, 0.6) is 0 Å². The van der Waals surface area contributed by atoms with E-state index in [0.29, 0.717) is 12.5 Å². The molecule has 3 heteroatoms. The number of carbonyl (C=O) groups excluding carboxylic acids is 1. The smallest absolute Gasteiger partial charge is 0.216 e. The molecule has 0 bridgehead atoms. The normalized spacial score (nSPS) is 16.8. The fourth-order valence-corrected chi connectivity index (χ4v) is 3.79. The molecule has 1 N–H and O–H groups in total. The van der Waals surface area contributed by atoms with Crippen molar-refractivity contribution in [3.8, 4) is 0 Å². The average molecular weight is 283 g/mol. The Morgan fingerprint density at radius 2 is 1.85 bits per heavy atom. The predicted octanol–water partition coefficient (Wildman–Crippen LogP) is 3.61. The van der Waals surface area contributed by atoms with Crippen LogP contribution in [0.4, 0.5) is 0 Å². The van der Waals surface area contributed by atoms with Gasteiger partial charge in [0.25, 0.3) is 0 Å². The van der Waals surface area contributed by atoms with E-state index in [1.165, 1.54) is 20.9 Å². The second-order valence-corrected chi connectivity index (χ2v) is 6.17. The summed E-state index contributed by atoms with van der Waals surface area (Å²) in [6, 6.07) is 17.1. The van der Waals surface area contributed by atoms with Crippen LogP contribution >= 0.6 is 11.8 Å². The number of carbonyl (C=O) groups is 1. The summed E-state index contributed by atoms with van der Waals surface area (Å²) in [5, 5.41) is 2.97. The van der Waals surface area contributed by atoms with E-state index in [4.69, 9.17) is 0 Å². The molecule has 0 fully saturated rings. The van der Waals surface area contributed by atoms with Gasteiger partial charge in [-0.3, -0.25) is 4.79 Å². The SMILES string of the molecule is CC(=O)NC[C@@H]1Cc2ccccc2Sc2ccccc21. The van der Waals surface area contributed by atoms with E-state index in [1.54, 1.807) is 6.92 Å². The summed E-state index contributed by atoms with van der Waals surface area (Å²) in [6.45, 7) is 2.27. The van der Waals surface area contributed by atoms with Gasteiger partial charge in [0.1, 0.15) is 0 Å². The van der Waals surface area contributed by atoms with Gasteiger partial charge in [-0.15, -0.1) is 0 Å². The third-order valence-electron chi connectivity index (χ3n) is 3.62.